The first-order valence-electron chi connectivity index (χ1n) is 10.6. The maximum absolute atomic E-state index is 13.2. The molecule has 0 radical (unpaired) electrons. The largest absolute Gasteiger partial charge is 0.497 e. The molecule has 2 atom stereocenters. The van der Waals surface area contributed by atoms with Crippen molar-refractivity contribution < 1.29 is 14.3 Å². The van der Waals surface area contributed by atoms with E-state index in [1.165, 1.54) is 0 Å². The minimum absolute atomic E-state index is 0.0620. The van der Waals surface area contributed by atoms with Crippen LogP contribution in [-0.2, 0) is 11.3 Å². The van der Waals surface area contributed by atoms with Crippen molar-refractivity contribution in [3.8, 4) is 5.75 Å². The molecule has 1 aliphatic rings. The summed E-state index contributed by atoms with van der Waals surface area (Å²) in [7, 11) is 1.62. The molecule has 0 saturated carbocycles. The van der Waals surface area contributed by atoms with E-state index in [0.29, 0.717) is 30.2 Å². The first kappa shape index (κ1) is 21.9. The molecule has 0 aromatic heterocycles. The van der Waals surface area contributed by atoms with Crippen molar-refractivity contribution in [3.05, 3.63) is 101 Å². The molecule has 0 bridgehead atoms. The van der Waals surface area contributed by atoms with Crippen molar-refractivity contribution >= 4 is 23.4 Å². The number of nitrogens with zero attached hydrogens (tertiary/aromatic N) is 1. The molecule has 2 unspecified atom stereocenters. The summed E-state index contributed by atoms with van der Waals surface area (Å²) >= 11 is 5.97. The van der Waals surface area contributed by atoms with Gasteiger partial charge in [0.25, 0.3) is 5.91 Å². The molecular weight excluding hydrogens is 424 g/mol. The van der Waals surface area contributed by atoms with Crippen LogP contribution in [0.15, 0.2) is 78.9 Å². The quantitative estimate of drug-likeness (QED) is 0.603. The Morgan fingerprint density at radius 1 is 1.00 bits per heavy atom. The number of hydrogen-bond acceptors (Lipinski definition) is 3. The minimum Gasteiger partial charge on any atom is -0.497 e. The minimum atomic E-state index is -0.359. The topological polar surface area (TPSA) is 58.6 Å². The Labute approximate surface area is 193 Å². The SMILES string of the molecule is COc1cccc(C2CN(C(=O)c3ccc(Cl)cc3)CC2C(=O)NCc2ccccc2)c1. The second-order valence-electron chi connectivity index (χ2n) is 7.91. The van der Waals surface area contributed by atoms with E-state index in [0.717, 1.165) is 16.9 Å². The van der Waals surface area contributed by atoms with Crippen LogP contribution < -0.4 is 10.1 Å². The van der Waals surface area contributed by atoms with Crippen LogP contribution in [0.25, 0.3) is 0 Å². The summed E-state index contributed by atoms with van der Waals surface area (Å²) in [5, 5.41) is 3.63. The van der Waals surface area contributed by atoms with Gasteiger partial charge < -0.3 is 15.0 Å². The maximum atomic E-state index is 13.2. The first-order chi connectivity index (χ1) is 15.5. The van der Waals surface area contributed by atoms with Gasteiger partial charge in [0, 0.05) is 36.1 Å². The second kappa shape index (κ2) is 9.88. The number of halogens is 1. The van der Waals surface area contributed by atoms with Crippen LogP contribution >= 0.6 is 11.6 Å². The molecule has 1 heterocycles. The zero-order valence-corrected chi connectivity index (χ0v) is 18.6. The standard InChI is InChI=1S/C26H25ClN2O3/c1-32-22-9-5-8-20(14-22)23-16-29(26(31)19-10-12-21(27)13-11-19)17-24(23)25(30)28-15-18-6-3-2-4-7-18/h2-14,23-24H,15-17H2,1H3,(H,28,30). The first-order valence-corrected chi connectivity index (χ1v) is 10.9. The lowest BCUT2D eigenvalue weighted by atomic mass is 9.88. The van der Waals surface area contributed by atoms with Gasteiger partial charge >= 0.3 is 0 Å². The fourth-order valence-electron chi connectivity index (χ4n) is 4.14. The summed E-state index contributed by atoms with van der Waals surface area (Å²) in [4.78, 5) is 28.1. The van der Waals surface area contributed by atoms with E-state index in [1.807, 2.05) is 54.6 Å². The van der Waals surface area contributed by atoms with Crippen LogP contribution in [0.5, 0.6) is 5.75 Å². The highest BCUT2D eigenvalue weighted by Gasteiger charge is 2.40. The third-order valence-electron chi connectivity index (χ3n) is 5.87. The summed E-state index contributed by atoms with van der Waals surface area (Å²) < 4.78 is 5.38. The van der Waals surface area contributed by atoms with Crippen LogP contribution in [0.2, 0.25) is 5.02 Å². The van der Waals surface area contributed by atoms with Gasteiger partial charge in [0.15, 0.2) is 0 Å². The Morgan fingerprint density at radius 3 is 2.47 bits per heavy atom. The van der Waals surface area contributed by atoms with Crippen LogP contribution in [0.4, 0.5) is 0 Å². The van der Waals surface area contributed by atoms with Crippen molar-refractivity contribution in [2.24, 2.45) is 5.92 Å². The number of likely N-dealkylation sites (tertiary alicyclic amines) is 1. The van der Waals surface area contributed by atoms with Crippen molar-refractivity contribution in [1.29, 1.82) is 0 Å². The number of methoxy groups -OCH3 is 1. The molecular formula is C26H25ClN2O3. The molecule has 4 rings (SSSR count). The van der Waals surface area contributed by atoms with E-state index < -0.39 is 0 Å². The Kier molecular flexibility index (Phi) is 6.76. The van der Waals surface area contributed by atoms with Gasteiger partial charge in [-0.2, -0.15) is 0 Å². The number of ether oxygens (including phenoxy) is 1. The van der Waals surface area contributed by atoms with Crippen molar-refractivity contribution in [3.63, 3.8) is 0 Å². The highest BCUT2D eigenvalue weighted by atomic mass is 35.5. The molecule has 0 spiro atoms. The fourth-order valence-corrected chi connectivity index (χ4v) is 4.26. The molecule has 5 nitrogen and oxygen atoms in total. The van der Waals surface area contributed by atoms with E-state index in [9.17, 15) is 9.59 Å². The molecule has 6 heteroatoms. The third kappa shape index (κ3) is 4.94. The molecule has 1 aliphatic heterocycles. The summed E-state index contributed by atoms with van der Waals surface area (Å²) in [5.74, 6) is 0.0774. The van der Waals surface area contributed by atoms with Crippen LogP contribution in [0, 0.1) is 5.92 Å². The molecule has 1 N–H and O–H groups in total. The number of nitrogens with one attached hydrogen (secondary N) is 1. The zero-order valence-electron chi connectivity index (χ0n) is 17.8. The van der Waals surface area contributed by atoms with Gasteiger partial charge in [-0.1, -0.05) is 54.1 Å². The van der Waals surface area contributed by atoms with Crippen molar-refractivity contribution in [2.75, 3.05) is 20.2 Å². The predicted octanol–water partition coefficient (Wildman–Crippen LogP) is 4.52. The van der Waals surface area contributed by atoms with Crippen molar-refractivity contribution in [2.45, 2.75) is 12.5 Å². The van der Waals surface area contributed by atoms with Gasteiger partial charge in [-0.25, -0.2) is 0 Å². The number of carbonyl (C=O) groups excluding carboxylic acids is 2. The monoisotopic (exact) mass is 448 g/mol. The lowest BCUT2D eigenvalue weighted by Gasteiger charge is -2.18. The smallest absolute Gasteiger partial charge is 0.253 e. The third-order valence-corrected chi connectivity index (χ3v) is 6.12. The molecule has 164 valence electrons. The Balaban J connectivity index is 1.56. The van der Waals surface area contributed by atoms with Gasteiger partial charge in [-0.15, -0.1) is 0 Å². The lowest BCUT2D eigenvalue weighted by Crippen LogP contribution is -2.35. The summed E-state index contributed by atoms with van der Waals surface area (Å²) in [5.41, 5.74) is 2.57. The fraction of sp³-hybridized carbons (Fsp3) is 0.231. The predicted molar refractivity (Wildman–Crippen MR) is 125 cm³/mol. The van der Waals surface area contributed by atoms with E-state index in [2.05, 4.69) is 5.32 Å². The zero-order chi connectivity index (χ0) is 22.5. The maximum Gasteiger partial charge on any atom is 0.253 e. The summed E-state index contributed by atoms with van der Waals surface area (Å²) in [6.07, 6.45) is 0. The van der Waals surface area contributed by atoms with E-state index in [1.54, 1.807) is 36.3 Å². The summed E-state index contributed by atoms with van der Waals surface area (Å²) in [6, 6.07) is 24.4. The number of hydrogen-bond donors (Lipinski definition) is 1. The number of amides is 2. The summed E-state index contributed by atoms with van der Waals surface area (Å²) in [6.45, 7) is 1.26. The molecule has 2 amide bonds. The molecule has 3 aromatic rings. The van der Waals surface area contributed by atoms with Crippen molar-refractivity contribution in [1.82, 2.24) is 10.2 Å². The van der Waals surface area contributed by atoms with Gasteiger partial charge in [0.1, 0.15) is 5.75 Å². The van der Waals surface area contributed by atoms with Crippen LogP contribution in [-0.4, -0.2) is 36.9 Å². The van der Waals surface area contributed by atoms with Gasteiger partial charge in [-0.05, 0) is 47.5 Å². The average Bonchev–Trinajstić information content (AvgIpc) is 3.29. The lowest BCUT2D eigenvalue weighted by molar-refractivity contribution is -0.125. The molecule has 1 fully saturated rings. The van der Waals surface area contributed by atoms with E-state index in [-0.39, 0.29) is 23.7 Å². The normalized spacial score (nSPS) is 17.8. The number of carbonyl (C=O) groups is 2. The Morgan fingerprint density at radius 2 is 1.75 bits per heavy atom. The number of rotatable bonds is 6. The Bertz CT molecular complexity index is 1090. The van der Waals surface area contributed by atoms with Gasteiger partial charge in [0.05, 0.1) is 13.0 Å². The molecule has 1 saturated heterocycles. The van der Waals surface area contributed by atoms with E-state index >= 15 is 0 Å². The average molecular weight is 449 g/mol. The number of benzene rings is 3. The van der Waals surface area contributed by atoms with Gasteiger partial charge in [-0.3, -0.25) is 9.59 Å². The highest BCUT2D eigenvalue weighted by molar-refractivity contribution is 6.30. The molecule has 3 aromatic carbocycles. The van der Waals surface area contributed by atoms with Gasteiger partial charge in [0.2, 0.25) is 5.91 Å². The second-order valence-corrected chi connectivity index (χ2v) is 8.35. The highest BCUT2D eigenvalue weighted by Crippen LogP contribution is 2.35. The van der Waals surface area contributed by atoms with E-state index in [4.69, 9.17) is 16.3 Å². The van der Waals surface area contributed by atoms with Crippen LogP contribution in [0.1, 0.15) is 27.4 Å². The molecule has 0 aliphatic carbocycles. The van der Waals surface area contributed by atoms with Crippen LogP contribution in [0.3, 0.4) is 0 Å². The molecule has 32 heavy (non-hydrogen) atoms. The Hall–Kier alpha value is -3.31.